The van der Waals surface area contributed by atoms with Crippen molar-refractivity contribution in [1.82, 2.24) is 9.55 Å². The number of rotatable bonds is 2. The lowest BCUT2D eigenvalue weighted by Crippen LogP contribution is -2.01. The molecule has 0 radical (unpaired) electrons. The first-order valence-electron chi connectivity index (χ1n) is 5.58. The van der Waals surface area contributed by atoms with Gasteiger partial charge in [-0.3, -0.25) is 0 Å². The maximum Gasteiger partial charge on any atom is 0.129 e. The van der Waals surface area contributed by atoms with E-state index in [-0.39, 0.29) is 5.82 Å². The largest absolute Gasteiger partial charge is 0.326 e. The summed E-state index contributed by atoms with van der Waals surface area (Å²) in [6.07, 6.45) is 1.70. The smallest absolute Gasteiger partial charge is 0.129 e. The quantitative estimate of drug-likeness (QED) is 0.684. The van der Waals surface area contributed by atoms with Gasteiger partial charge in [0.25, 0.3) is 0 Å². The van der Waals surface area contributed by atoms with Crippen molar-refractivity contribution in [2.45, 2.75) is 6.54 Å². The Labute approximate surface area is 109 Å². The topological polar surface area (TPSA) is 17.8 Å². The van der Waals surface area contributed by atoms with Gasteiger partial charge in [-0.2, -0.15) is 0 Å². The van der Waals surface area contributed by atoms with Gasteiger partial charge < -0.3 is 4.57 Å². The number of hydrogen-bond donors (Lipinski definition) is 0. The Bertz CT molecular complexity index is 686. The van der Waals surface area contributed by atoms with Gasteiger partial charge in [-0.25, -0.2) is 9.37 Å². The maximum atomic E-state index is 13.7. The Hall–Kier alpha value is -1.87. The van der Waals surface area contributed by atoms with Crippen molar-refractivity contribution < 1.29 is 4.39 Å². The Morgan fingerprint density at radius 1 is 1.11 bits per heavy atom. The van der Waals surface area contributed by atoms with Crippen molar-refractivity contribution in [3.05, 3.63) is 65.2 Å². The maximum absolute atomic E-state index is 13.7. The van der Waals surface area contributed by atoms with Crippen LogP contribution >= 0.6 is 11.6 Å². The molecule has 2 aromatic carbocycles. The summed E-state index contributed by atoms with van der Waals surface area (Å²) < 4.78 is 15.6. The number of imidazole rings is 1. The summed E-state index contributed by atoms with van der Waals surface area (Å²) in [7, 11) is 0. The Morgan fingerprint density at radius 2 is 1.94 bits per heavy atom. The fourth-order valence-electron chi connectivity index (χ4n) is 1.99. The molecule has 2 nitrogen and oxygen atoms in total. The molecule has 90 valence electrons. The predicted molar refractivity (Wildman–Crippen MR) is 70.2 cm³/mol. The van der Waals surface area contributed by atoms with Gasteiger partial charge in [0.15, 0.2) is 0 Å². The van der Waals surface area contributed by atoms with E-state index >= 15 is 0 Å². The minimum Gasteiger partial charge on any atom is -0.326 e. The average molecular weight is 261 g/mol. The molecule has 0 amide bonds. The second kappa shape index (κ2) is 4.42. The molecule has 1 heterocycles. The Balaban J connectivity index is 2.07. The molecule has 0 fully saturated rings. The summed E-state index contributed by atoms with van der Waals surface area (Å²) in [5.74, 6) is -0.291. The molecule has 0 aliphatic heterocycles. The van der Waals surface area contributed by atoms with E-state index in [0.717, 1.165) is 11.0 Å². The zero-order valence-electron chi connectivity index (χ0n) is 9.48. The third-order valence-electron chi connectivity index (χ3n) is 2.92. The van der Waals surface area contributed by atoms with Gasteiger partial charge in [-0.05, 0) is 24.3 Å². The number of halogens is 2. The molecule has 0 bridgehead atoms. The highest BCUT2D eigenvalue weighted by atomic mass is 35.5. The summed E-state index contributed by atoms with van der Waals surface area (Å²) in [6.45, 7) is 0.381. The minimum atomic E-state index is -0.291. The fourth-order valence-corrected chi connectivity index (χ4v) is 2.21. The second-order valence-corrected chi connectivity index (χ2v) is 4.47. The summed E-state index contributed by atoms with van der Waals surface area (Å²) in [6, 6.07) is 12.5. The molecule has 3 aromatic rings. The van der Waals surface area contributed by atoms with E-state index in [0.29, 0.717) is 17.1 Å². The van der Waals surface area contributed by atoms with E-state index in [1.165, 1.54) is 6.07 Å². The highest BCUT2D eigenvalue weighted by molar-refractivity contribution is 6.31. The zero-order chi connectivity index (χ0) is 12.5. The number of benzene rings is 2. The molecule has 4 heteroatoms. The van der Waals surface area contributed by atoms with Crippen molar-refractivity contribution in [2.24, 2.45) is 0 Å². The number of para-hydroxylation sites is 2. The predicted octanol–water partition coefficient (Wildman–Crippen LogP) is 3.88. The molecule has 0 atom stereocenters. The van der Waals surface area contributed by atoms with Crippen LogP contribution in [0.1, 0.15) is 5.56 Å². The third-order valence-corrected chi connectivity index (χ3v) is 3.27. The summed E-state index contributed by atoms with van der Waals surface area (Å²) in [5.41, 5.74) is 2.35. The van der Waals surface area contributed by atoms with Gasteiger partial charge in [0.1, 0.15) is 5.82 Å². The standard InChI is InChI=1S/C14H10ClFN2/c15-11-4-3-5-12(16)10(11)8-18-9-17-13-6-1-2-7-14(13)18/h1-7,9H,8H2. The molecule has 0 N–H and O–H groups in total. The number of nitrogens with zero attached hydrogens (tertiary/aromatic N) is 2. The van der Waals surface area contributed by atoms with E-state index in [1.54, 1.807) is 18.5 Å². The lowest BCUT2D eigenvalue weighted by Gasteiger charge is -2.07. The van der Waals surface area contributed by atoms with E-state index < -0.39 is 0 Å². The molecule has 18 heavy (non-hydrogen) atoms. The highest BCUT2D eigenvalue weighted by Gasteiger charge is 2.09. The normalized spacial score (nSPS) is 11.0. The van der Waals surface area contributed by atoms with Crippen molar-refractivity contribution in [3.63, 3.8) is 0 Å². The lowest BCUT2D eigenvalue weighted by atomic mass is 10.2. The van der Waals surface area contributed by atoms with Crippen molar-refractivity contribution in [2.75, 3.05) is 0 Å². The highest BCUT2D eigenvalue weighted by Crippen LogP contribution is 2.22. The van der Waals surface area contributed by atoms with Crippen LogP contribution in [0.15, 0.2) is 48.8 Å². The van der Waals surface area contributed by atoms with Crippen LogP contribution in [0.5, 0.6) is 0 Å². The van der Waals surface area contributed by atoms with Crippen LogP contribution in [0.3, 0.4) is 0 Å². The minimum absolute atomic E-state index is 0.291. The van der Waals surface area contributed by atoms with E-state index in [1.807, 2.05) is 28.8 Å². The van der Waals surface area contributed by atoms with Crippen LogP contribution in [0, 0.1) is 5.82 Å². The average Bonchev–Trinajstić information content (AvgIpc) is 2.77. The van der Waals surface area contributed by atoms with Gasteiger partial charge in [0, 0.05) is 10.6 Å². The number of fused-ring (bicyclic) bond motifs is 1. The SMILES string of the molecule is Fc1cccc(Cl)c1Cn1cnc2ccccc21. The third kappa shape index (κ3) is 1.87. The van der Waals surface area contributed by atoms with E-state index in [2.05, 4.69) is 4.98 Å². The van der Waals surface area contributed by atoms with Gasteiger partial charge >= 0.3 is 0 Å². The van der Waals surface area contributed by atoms with E-state index in [9.17, 15) is 4.39 Å². The first-order valence-corrected chi connectivity index (χ1v) is 5.96. The number of aromatic nitrogens is 2. The van der Waals surface area contributed by atoms with Crippen LogP contribution in [0.25, 0.3) is 11.0 Å². The van der Waals surface area contributed by atoms with Crippen molar-refractivity contribution in [1.29, 1.82) is 0 Å². The Morgan fingerprint density at radius 3 is 2.78 bits per heavy atom. The zero-order valence-corrected chi connectivity index (χ0v) is 10.2. The summed E-state index contributed by atoms with van der Waals surface area (Å²) in [5, 5.41) is 0.438. The molecule has 0 saturated carbocycles. The van der Waals surface area contributed by atoms with Gasteiger partial charge in [0.2, 0.25) is 0 Å². The first kappa shape index (κ1) is 11.2. The monoisotopic (exact) mass is 260 g/mol. The molecule has 3 rings (SSSR count). The molecular weight excluding hydrogens is 251 g/mol. The van der Waals surface area contributed by atoms with Crippen LogP contribution in [-0.4, -0.2) is 9.55 Å². The lowest BCUT2D eigenvalue weighted by molar-refractivity contribution is 0.601. The summed E-state index contributed by atoms with van der Waals surface area (Å²) >= 11 is 6.02. The molecular formula is C14H10ClFN2. The molecule has 0 unspecified atom stereocenters. The van der Waals surface area contributed by atoms with Crippen LogP contribution in [0.2, 0.25) is 5.02 Å². The first-order chi connectivity index (χ1) is 8.75. The van der Waals surface area contributed by atoms with Crippen molar-refractivity contribution >= 4 is 22.6 Å². The van der Waals surface area contributed by atoms with Gasteiger partial charge in [-0.1, -0.05) is 29.8 Å². The second-order valence-electron chi connectivity index (χ2n) is 4.06. The molecule has 1 aromatic heterocycles. The Kier molecular flexibility index (Phi) is 2.76. The van der Waals surface area contributed by atoms with E-state index in [4.69, 9.17) is 11.6 Å². The fraction of sp³-hybridized carbons (Fsp3) is 0.0714. The van der Waals surface area contributed by atoms with Crippen LogP contribution in [-0.2, 0) is 6.54 Å². The summed E-state index contributed by atoms with van der Waals surface area (Å²) in [4.78, 5) is 4.27. The van der Waals surface area contributed by atoms with Crippen molar-refractivity contribution in [3.8, 4) is 0 Å². The molecule has 0 saturated heterocycles. The van der Waals surface area contributed by atoms with Crippen LogP contribution in [0.4, 0.5) is 4.39 Å². The van der Waals surface area contributed by atoms with Gasteiger partial charge in [-0.15, -0.1) is 0 Å². The number of hydrogen-bond acceptors (Lipinski definition) is 1. The van der Waals surface area contributed by atoms with Gasteiger partial charge in [0.05, 0.1) is 23.9 Å². The molecule has 0 aliphatic carbocycles. The molecule has 0 spiro atoms. The van der Waals surface area contributed by atoms with Crippen LogP contribution < -0.4 is 0 Å². The molecule has 0 aliphatic rings.